The number of likely N-dealkylation sites (tertiary alicyclic amines) is 1. The largest absolute Gasteiger partial charge is 0.391 e. The summed E-state index contributed by atoms with van der Waals surface area (Å²) >= 11 is 0. The van der Waals surface area contributed by atoms with Crippen LogP contribution in [-0.2, 0) is 11.3 Å². The lowest BCUT2D eigenvalue weighted by Gasteiger charge is -2.25. The summed E-state index contributed by atoms with van der Waals surface area (Å²) in [7, 11) is 5.44. The highest BCUT2D eigenvalue weighted by atomic mass is 16.5. The van der Waals surface area contributed by atoms with Crippen LogP contribution in [0.25, 0.3) is 0 Å². The molecule has 0 spiro atoms. The molecule has 7 nitrogen and oxygen atoms in total. The first-order valence-corrected chi connectivity index (χ1v) is 6.59. The first-order chi connectivity index (χ1) is 9.51. The van der Waals surface area contributed by atoms with Crippen LogP contribution in [0, 0.1) is 0 Å². The van der Waals surface area contributed by atoms with Gasteiger partial charge in [-0.05, 0) is 20.5 Å². The third-order valence-corrected chi connectivity index (χ3v) is 3.29. The summed E-state index contributed by atoms with van der Waals surface area (Å²) < 4.78 is 9.97. The van der Waals surface area contributed by atoms with E-state index in [2.05, 4.69) is 5.16 Å². The Morgan fingerprint density at radius 2 is 2.40 bits per heavy atom. The van der Waals surface area contributed by atoms with E-state index in [1.165, 1.54) is 0 Å². The van der Waals surface area contributed by atoms with Crippen molar-refractivity contribution in [2.45, 2.75) is 25.2 Å². The smallest absolute Gasteiger partial charge is 0.276 e. The zero-order valence-corrected chi connectivity index (χ0v) is 12.1. The summed E-state index contributed by atoms with van der Waals surface area (Å²) in [6, 6.07) is 1.58. The van der Waals surface area contributed by atoms with Gasteiger partial charge >= 0.3 is 0 Å². The molecule has 2 heterocycles. The number of carbonyl (C=O) groups excluding carboxylic acids is 1. The number of ether oxygens (including phenoxy) is 1. The molecule has 7 heteroatoms. The minimum Gasteiger partial charge on any atom is -0.391 e. The summed E-state index contributed by atoms with van der Waals surface area (Å²) in [6.07, 6.45) is 0.112. The van der Waals surface area contributed by atoms with Crippen LogP contribution in [0.15, 0.2) is 10.6 Å². The van der Waals surface area contributed by atoms with E-state index >= 15 is 0 Å². The third kappa shape index (κ3) is 3.36. The number of nitrogens with zero attached hydrogens (tertiary/aromatic N) is 3. The van der Waals surface area contributed by atoms with Crippen molar-refractivity contribution in [1.29, 1.82) is 0 Å². The van der Waals surface area contributed by atoms with Gasteiger partial charge in [0.1, 0.15) is 6.61 Å². The van der Waals surface area contributed by atoms with Crippen molar-refractivity contribution in [3.63, 3.8) is 0 Å². The fourth-order valence-electron chi connectivity index (χ4n) is 2.51. The molecule has 1 saturated heterocycles. The topological polar surface area (TPSA) is 79.0 Å². The predicted molar refractivity (Wildman–Crippen MR) is 71.2 cm³/mol. The third-order valence-electron chi connectivity index (χ3n) is 3.29. The average Bonchev–Trinajstić information content (AvgIpc) is 2.95. The number of aliphatic hydroxyl groups excluding tert-OH is 1. The van der Waals surface area contributed by atoms with Gasteiger partial charge in [-0.2, -0.15) is 0 Å². The molecule has 1 aromatic rings. The van der Waals surface area contributed by atoms with Crippen molar-refractivity contribution in [1.82, 2.24) is 15.0 Å². The lowest BCUT2D eigenvalue weighted by Crippen LogP contribution is -2.41. The molecule has 1 amide bonds. The van der Waals surface area contributed by atoms with Gasteiger partial charge < -0.3 is 24.2 Å². The van der Waals surface area contributed by atoms with Gasteiger partial charge in [0.25, 0.3) is 5.91 Å². The lowest BCUT2D eigenvalue weighted by atomic mass is 10.2. The first kappa shape index (κ1) is 15.0. The van der Waals surface area contributed by atoms with Crippen molar-refractivity contribution in [2.24, 2.45) is 0 Å². The summed E-state index contributed by atoms with van der Waals surface area (Å²) in [5.74, 6) is 0.305. The van der Waals surface area contributed by atoms with E-state index in [9.17, 15) is 9.90 Å². The molecule has 0 bridgehead atoms. The van der Waals surface area contributed by atoms with Crippen LogP contribution >= 0.6 is 0 Å². The van der Waals surface area contributed by atoms with E-state index in [0.29, 0.717) is 25.3 Å². The van der Waals surface area contributed by atoms with Gasteiger partial charge in [-0.3, -0.25) is 4.79 Å². The van der Waals surface area contributed by atoms with Gasteiger partial charge in [-0.15, -0.1) is 0 Å². The van der Waals surface area contributed by atoms with Crippen LogP contribution in [0.5, 0.6) is 0 Å². The molecule has 1 aliphatic heterocycles. The number of carbonyl (C=O) groups is 1. The standard InChI is InChI=1S/C13H21N3O4/c1-15(2)6-9-4-10(17)7-16(9)13(18)12-5-11(8-19-3)20-14-12/h5,9-10,17H,4,6-8H2,1-3H3. The molecule has 1 N–H and O–H groups in total. The molecule has 0 aromatic carbocycles. The Morgan fingerprint density at radius 1 is 1.65 bits per heavy atom. The summed E-state index contributed by atoms with van der Waals surface area (Å²) in [4.78, 5) is 16.1. The van der Waals surface area contributed by atoms with Crippen LogP contribution in [0.4, 0.5) is 0 Å². The van der Waals surface area contributed by atoms with Crippen molar-refractivity contribution in [3.05, 3.63) is 17.5 Å². The number of likely N-dealkylation sites (N-methyl/N-ethyl adjacent to an activating group) is 1. The Labute approximate surface area is 118 Å². The second kappa shape index (κ2) is 6.34. The van der Waals surface area contributed by atoms with E-state index < -0.39 is 6.10 Å². The molecule has 2 unspecified atom stereocenters. The van der Waals surface area contributed by atoms with Gasteiger partial charge in [0, 0.05) is 32.3 Å². The molecule has 20 heavy (non-hydrogen) atoms. The molecule has 1 fully saturated rings. The molecule has 0 saturated carbocycles. The highest BCUT2D eigenvalue weighted by Crippen LogP contribution is 2.21. The molecule has 1 aliphatic rings. The maximum atomic E-state index is 12.4. The van der Waals surface area contributed by atoms with Crippen molar-refractivity contribution in [2.75, 3.05) is 34.3 Å². The SMILES string of the molecule is COCc1cc(C(=O)N2CC(O)CC2CN(C)C)no1. The van der Waals surface area contributed by atoms with Crippen LogP contribution in [-0.4, -0.2) is 72.4 Å². The first-order valence-electron chi connectivity index (χ1n) is 6.59. The highest BCUT2D eigenvalue weighted by Gasteiger charge is 2.36. The van der Waals surface area contributed by atoms with E-state index in [4.69, 9.17) is 9.26 Å². The van der Waals surface area contributed by atoms with Crippen LogP contribution in [0.3, 0.4) is 0 Å². The number of hydrogen-bond acceptors (Lipinski definition) is 6. The van der Waals surface area contributed by atoms with E-state index in [-0.39, 0.29) is 24.2 Å². The molecule has 2 rings (SSSR count). The second-order valence-electron chi connectivity index (χ2n) is 5.37. The van der Waals surface area contributed by atoms with Crippen molar-refractivity contribution < 1.29 is 19.2 Å². The predicted octanol–water partition coefficient (Wildman–Crippen LogP) is -0.0420. The minimum atomic E-state index is -0.478. The molecular weight excluding hydrogens is 262 g/mol. The van der Waals surface area contributed by atoms with Gasteiger partial charge in [0.15, 0.2) is 11.5 Å². The lowest BCUT2D eigenvalue weighted by molar-refractivity contribution is 0.0688. The van der Waals surface area contributed by atoms with E-state index in [1.54, 1.807) is 18.1 Å². The van der Waals surface area contributed by atoms with Gasteiger partial charge in [-0.1, -0.05) is 5.16 Å². The second-order valence-corrected chi connectivity index (χ2v) is 5.37. The number of hydrogen-bond donors (Lipinski definition) is 1. The fourth-order valence-corrected chi connectivity index (χ4v) is 2.51. The maximum Gasteiger partial charge on any atom is 0.276 e. The normalized spacial score (nSPS) is 22.8. The highest BCUT2D eigenvalue weighted by molar-refractivity contribution is 5.92. The molecular formula is C13H21N3O4. The fraction of sp³-hybridized carbons (Fsp3) is 0.692. The summed E-state index contributed by atoms with van der Waals surface area (Å²) in [6.45, 7) is 1.33. The molecule has 2 atom stereocenters. The zero-order valence-electron chi connectivity index (χ0n) is 12.1. The van der Waals surface area contributed by atoms with Gasteiger partial charge in [-0.25, -0.2) is 0 Å². The quantitative estimate of drug-likeness (QED) is 0.817. The number of β-amino-alcohol motifs (C(OH)–C–C–N with tert-alkyl or cyclic N) is 1. The summed E-state index contributed by atoms with van der Waals surface area (Å²) in [5, 5.41) is 13.6. The summed E-state index contributed by atoms with van der Waals surface area (Å²) in [5.41, 5.74) is 0.259. The van der Waals surface area contributed by atoms with Crippen LogP contribution in [0.1, 0.15) is 22.7 Å². The number of amides is 1. The Bertz CT molecular complexity index is 460. The number of aliphatic hydroxyl groups is 1. The Hall–Kier alpha value is -1.44. The van der Waals surface area contributed by atoms with Crippen LogP contribution in [0.2, 0.25) is 0 Å². The monoisotopic (exact) mass is 283 g/mol. The van der Waals surface area contributed by atoms with E-state index in [1.807, 2.05) is 19.0 Å². The number of rotatable bonds is 5. The maximum absolute atomic E-state index is 12.4. The minimum absolute atomic E-state index is 0.00456. The molecule has 1 aromatic heterocycles. The zero-order chi connectivity index (χ0) is 14.7. The molecule has 112 valence electrons. The van der Waals surface area contributed by atoms with Crippen molar-refractivity contribution in [3.8, 4) is 0 Å². The molecule has 0 aliphatic carbocycles. The Balaban J connectivity index is 2.09. The van der Waals surface area contributed by atoms with E-state index in [0.717, 1.165) is 0 Å². The number of methoxy groups -OCH3 is 1. The van der Waals surface area contributed by atoms with Crippen molar-refractivity contribution >= 4 is 5.91 Å². The van der Waals surface area contributed by atoms with Gasteiger partial charge in [0.05, 0.1) is 6.10 Å². The van der Waals surface area contributed by atoms with Gasteiger partial charge in [0.2, 0.25) is 0 Å². The molecule has 0 radical (unpaired) electrons. The van der Waals surface area contributed by atoms with Crippen LogP contribution < -0.4 is 0 Å². The Kier molecular flexibility index (Phi) is 4.74. The number of aromatic nitrogens is 1. The Morgan fingerprint density at radius 3 is 3.05 bits per heavy atom. The average molecular weight is 283 g/mol.